The van der Waals surface area contributed by atoms with Crippen LogP contribution in [0.25, 0.3) is 0 Å². The molecule has 1 unspecified atom stereocenters. The van der Waals surface area contributed by atoms with Crippen LogP contribution in [-0.4, -0.2) is 15.9 Å². The summed E-state index contributed by atoms with van der Waals surface area (Å²) < 4.78 is 12.5. The number of hydrogen-bond donors (Lipinski definition) is 1. The summed E-state index contributed by atoms with van der Waals surface area (Å²) in [6.07, 6.45) is 3.55. The van der Waals surface area contributed by atoms with Crippen LogP contribution in [0.5, 0.6) is 0 Å². The second-order valence-corrected chi connectivity index (χ2v) is 9.62. The average molecular weight is 422 g/mol. The second-order valence-electron chi connectivity index (χ2n) is 7.12. The van der Waals surface area contributed by atoms with E-state index < -0.39 is 10.8 Å². The predicted molar refractivity (Wildman–Crippen MR) is 121 cm³/mol. The molecular formula is C24H23NO2S2. The minimum Gasteiger partial charge on any atom is -0.325 e. The first kappa shape index (κ1) is 19.9. The van der Waals surface area contributed by atoms with Crippen LogP contribution in [-0.2, 0) is 34.2 Å². The number of thioether (sulfide) groups is 1. The molecule has 1 atom stereocenters. The fourth-order valence-electron chi connectivity index (χ4n) is 3.53. The largest absolute Gasteiger partial charge is 0.325 e. The zero-order chi connectivity index (χ0) is 20.1. The summed E-state index contributed by atoms with van der Waals surface area (Å²) in [4.78, 5) is 14.3. The van der Waals surface area contributed by atoms with E-state index >= 15 is 0 Å². The van der Waals surface area contributed by atoms with Crippen molar-refractivity contribution in [2.24, 2.45) is 0 Å². The SMILES string of the molecule is O=C(CSc1ccc2c(c1)CCC2)Nc1cccc(CS(=O)c2ccccc2)c1. The molecule has 0 radical (unpaired) electrons. The van der Waals surface area contributed by atoms with Gasteiger partial charge in [0.15, 0.2) is 0 Å². The Kier molecular flexibility index (Phi) is 6.47. The lowest BCUT2D eigenvalue weighted by Gasteiger charge is -2.08. The Morgan fingerprint density at radius 1 is 0.931 bits per heavy atom. The van der Waals surface area contributed by atoms with Gasteiger partial charge in [0.05, 0.1) is 22.3 Å². The van der Waals surface area contributed by atoms with Gasteiger partial charge >= 0.3 is 0 Å². The van der Waals surface area contributed by atoms with Crippen LogP contribution in [0.3, 0.4) is 0 Å². The highest BCUT2D eigenvalue weighted by molar-refractivity contribution is 8.00. The standard InChI is InChI=1S/C24H23NO2S2/c26-24(16-28-22-13-12-19-7-5-8-20(19)15-22)25-21-9-4-6-18(14-21)17-29(27)23-10-2-1-3-11-23/h1-4,6,9-15H,5,7-8,16-17H2,(H,25,26). The lowest BCUT2D eigenvalue weighted by atomic mass is 10.1. The second kappa shape index (κ2) is 9.42. The highest BCUT2D eigenvalue weighted by Gasteiger charge is 2.12. The van der Waals surface area contributed by atoms with Gasteiger partial charge in [-0.05, 0) is 72.4 Å². The van der Waals surface area contributed by atoms with Gasteiger partial charge in [-0.15, -0.1) is 11.8 Å². The van der Waals surface area contributed by atoms with Crippen molar-refractivity contribution < 1.29 is 9.00 Å². The Labute approximate surface area is 178 Å². The molecule has 1 aliphatic rings. The molecule has 0 fully saturated rings. The highest BCUT2D eigenvalue weighted by atomic mass is 32.2. The van der Waals surface area contributed by atoms with Crippen LogP contribution in [0, 0.1) is 0 Å². The number of anilines is 1. The van der Waals surface area contributed by atoms with E-state index in [0.717, 1.165) is 27.5 Å². The fraction of sp³-hybridized carbons (Fsp3) is 0.208. The zero-order valence-electron chi connectivity index (χ0n) is 16.1. The summed E-state index contributed by atoms with van der Waals surface area (Å²) in [5.74, 6) is 0.771. The van der Waals surface area contributed by atoms with Crippen LogP contribution in [0.4, 0.5) is 5.69 Å². The zero-order valence-corrected chi connectivity index (χ0v) is 17.7. The molecule has 5 heteroatoms. The number of rotatable bonds is 7. The maximum atomic E-state index is 12.5. The van der Waals surface area contributed by atoms with Gasteiger partial charge in [0, 0.05) is 15.5 Å². The van der Waals surface area contributed by atoms with Gasteiger partial charge in [0.1, 0.15) is 0 Å². The Morgan fingerprint density at radius 3 is 2.62 bits per heavy atom. The lowest BCUT2D eigenvalue weighted by molar-refractivity contribution is -0.113. The molecule has 29 heavy (non-hydrogen) atoms. The molecule has 0 heterocycles. The van der Waals surface area contributed by atoms with Gasteiger partial charge in [-0.3, -0.25) is 9.00 Å². The molecular weight excluding hydrogens is 398 g/mol. The first-order chi connectivity index (χ1) is 14.2. The number of amides is 1. The van der Waals surface area contributed by atoms with E-state index in [-0.39, 0.29) is 5.91 Å². The first-order valence-corrected chi connectivity index (χ1v) is 12.0. The van der Waals surface area contributed by atoms with Crippen LogP contribution in [0.1, 0.15) is 23.1 Å². The van der Waals surface area contributed by atoms with Gasteiger partial charge in [0.2, 0.25) is 5.91 Å². The molecule has 1 amide bonds. The topological polar surface area (TPSA) is 46.2 Å². The summed E-state index contributed by atoms with van der Waals surface area (Å²) in [6.45, 7) is 0. The van der Waals surface area contributed by atoms with Gasteiger partial charge in [-0.25, -0.2) is 0 Å². The van der Waals surface area contributed by atoms with Gasteiger partial charge in [0.25, 0.3) is 0 Å². The maximum absolute atomic E-state index is 12.5. The normalized spacial score (nSPS) is 13.7. The Morgan fingerprint density at radius 2 is 1.76 bits per heavy atom. The summed E-state index contributed by atoms with van der Waals surface area (Å²) in [7, 11) is -1.10. The maximum Gasteiger partial charge on any atom is 0.234 e. The molecule has 0 aromatic heterocycles. The Bertz CT molecular complexity index is 1030. The predicted octanol–water partition coefficient (Wildman–Crippen LogP) is 5.21. The van der Waals surface area contributed by atoms with E-state index in [9.17, 15) is 9.00 Å². The van der Waals surface area contributed by atoms with Crippen LogP contribution in [0.15, 0.2) is 82.6 Å². The van der Waals surface area contributed by atoms with Crippen molar-refractivity contribution in [2.75, 3.05) is 11.1 Å². The third-order valence-corrected chi connectivity index (χ3v) is 7.34. The minimum atomic E-state index is -1.10. The monoisotopic (exact) mass is 421 g/mol. The third kappa shape index (κ3) is 5.37. The van der Waals surface area contributed by atoms with Gasteiger partial charge in [-0.1, -0.05) is 36.4 Å². The van der Waals surface area contributed by atoms with Crippen LogP contribution >= 0.6 is 11.8 Å². The molecule has 0 spiro atoms. The summed E-state index contributed by atoms with van der Waals surface area (Å²) in [6, 6.07) is 23.6. The average Bonchev–Trinajstić information content (AvgIpc) is 3.21. The number of fused-ring (bicyclic) bond motifs is 1. The molecule has 1 aliphatic carbocycles. The Balaban J connectivity index is 1.32. The number of carbonyl (C=O) groups excluding carboxylic acids is 1. The molecule has 3 aromatic rings. The molecule has 3 aromatic carbocycles. The van der Waals surface area contributed by atoms with E-state index in [1.54, 1.807) is 11.8 Å². The van der Waals surface area contributed by atoms with Crippen molar-refractivity contribution >= 4 is 34.2 Å². The number of benzene rings is 3. The van der Waals surface area contributed by atoms with E-state index in [0.29, 0.717) is 11.5 Å². The van der Waals surface area contributed by atoms with Crippen LogP contribution < -0.4 is 5.32 Å². The van der Waals surface area contributed by atoms with Crippen molar-refractivity contribution in [1.82, 2.24) is 0 Å². The smallest absolute Gasteiger partial charge is 0.234 e. The van der Waals surface area contributed by atoms with Crippen molar-refractivity contribution in [1.29, 1.82) is 0 Å². The molecule has 4 rings (SSSR count). The lowest BCUT2D eigenvalue weighted by Crippen LogP contribution is -2.14. The van der Waals surface area contributed by atoms with Crippen molar-refractivity contribution in [3.63, 3.8) is 0 Å². The van der Waals surface area contributed by atoms with Crippen molar-refractivity contribution in [2.45, 2.75) is 34.8 Å². The third-order valence-electron chi connectivity index (χ3n) is 4.95. The van der Waals surface area contributed by atoms with Crippen LogP contribution in [0.2, 0.25) is 0 Å². The first-order valence-electron chi connectivity index (χ1n) is 9.74. The number of hydrogen-bond acceptors (Lipinski definition) is 3. The number of aryl methyl sites for hydroxylation is 2. The summed E-state index contributed by atoms with van der Waals surface area (Å²) in [5.41, 5.74) is 4.56. The van der Waals surface area contributed by atoms with E-state index in [4.69, 9.17) is 0 Å². The molecule has 1 N–H and O–H groups in total. The fourth-order valence-corrected chi connectivity index (χ4v) is 5.40. The summed E-state index contributed by atoms with van der Waals surface area (Å²) in [5, 5.41) is 2.96. The quantitative estimate of drug-likeness (QED) is 0.533. The molecule has 148 valence electrons. The summed E-state index contributed by atoms with van der Waals surface area (Å²) >= 11 is 1.57. The van der Waals surface area contributed by atoms with E-state index in [2.05, 4.69) is 23.5 Å². The molecule has 0 bridgehead atoms. The van der Waals surface area contributed by atoms with Gasteiger partial charge < -0.3 is 5.32 Å². The number of carbonyl (C=O) groups is 1. The van der Waals surface area contributed by atoms with Crippen molar-refractivity contribution in [3.8, 4) is 0 Å². The van der Waals surface area contributed by atoms with Gasteiger partial charge in [-0.2, -0.15) is 0 Å². The Hall–Kier alpha value is -2.37. The van der Waals surface area contributed by atoms with E-state index in [1.165, 1.54) is 24.0 Å². The highest BCUT2D eigenvalue weighted by Crippen LogP contribution is 2.27. The minimum absolute atomic E-state index is 0.0307. The molecule has 0 saturated heterocycles. The molecule has 3 nitrogen and oxygen atoms in total. The molecule has 0 aliphatic heterocycles. The molecule has 0 saturated carbocycles. The number of nitrogens with one attached hydrogen (secondary N) is 1. The van der Waals surface area contributed by atoms with Crippen molar-refractivity contribution in [3.05, 3.63) is 89.5 Å². The van der Waals surface area contributed by atoms with E-state index in [1.807, 2.05) is 54.6 Å².